The van der Waals surface area contributed by atoms with Crippen molar-refractivity contribution in [2.24, 2.45) is 0 Å². The number of carbonyl (C=O) groups excluding carboxylic acids is 2. The fourth-order valence-electron chi connectivity index (χ4n) is 1.26. The maximum atomic E-state index is 11.8. The number of nitrogens with one attached hydrogen (secondary N) is 2. The molecule has 102 valence electrons. The van der Waals surface area contributed by atoms with Gasteiger partial charge in [-0.2, -0.15) is 0 Å². The molecule has 1 aromatic rings. The molecule has 0 aromatic heterocycles. The summed E-state index contributed by atoms with van der Waals surface area (Å²) in [6.45, 7) is 4.07. The third-order valence-corrected chi connectivity index (χ3v) is 3.06. The highest BCUT2D eigenvalue weighted by Gasteiger charge is 2.17. The van der Waals surface area contributed by atoms with Crippen LogP contribution in [-0.2, 0) is 9.59 Å². The van der Waals surface area contributed by atoms with Gasteiger partial charge in [0.1, 0.15) is 10.1 Å². The van der Waals surface area contributed by atoms with Gasteiger partial charge in [0.15, 0.2) is 0 Å². The van der Waals surface area contributed by atoms with E-state index in [9.17, 15) is 9.59 Å². The lowest BCUT2D eigenvalue weighted by Gasteiger charge is -2.06. The lowest BCUT2D eigenvalue weighted by atomic mass is 10.2. The van der Waals surface area contributed by atoms with Crippen LogP contribution in [0.15, 0.2) is 34.3 Å². The van der Waals surface area contributed by atoms with Crippen LogP contribution >= 0.6 is 23.2 Å². The molecule has 0 atom stereocenters. The van der Waals surface area contributed by atoms with E-state index in [0.29, 0.717) is 12.2 Å². The minimum Gasteiger partial charge on any atom is -0.352 e. The second kappa shape index (κ2) is 7.16. The first-order valence-corrected chi connectivity index (χ1v) is 6.42. The van der Waals surface area contributed by atoms with Crippen molar-refractivity contribution >= 4 is 40.7 Å². The molecule has 0 heterocycles. The molecule has 0 saturated carbocycles. The molecule has 0 aliphatic rings. The molecule has 19 heavy (non-hydrogen) atoms. The molecule has 1 aromatic carbocycles. The van der Waals surface area contributed by atoms with Gasteiger partial charge >= 0.3 is 0 Å². The van der Waals surface area contributed by atoms with Crippen LogP contribution in [0.25, 0.3) is 0 Å². The van der Waals surface area contributed by atoms with Gasteiger partial charge in [-0.3, -0.25) is 9.59 Å². The van der Waals surface area contributed by atoms with Gasteiger partial charge in [0, 0.05) is 12.2 Å². The van der Waals surface area contributed by atoms with E-state index in [1.807, 2.05) is 19.1 Å². The molecule has 1 rings (SSSR count). The molecule has 2 N–H and O–H groups in total. The first kappa shape index (κ1) is 15.5. The van der Waals surface area contributed by atoms with Gasteiger partial charge in [0.05, 0.1) is 0 Å². The van der Waals surface area contributed by atoms with E-state index in [4.69, 9.17) is 23.2 Å². The van der Waals surface area contributed by atoms with Gasteiger partial charge in [0.2, 0.25) is 0 Å². The third-order valence-electron chi connectivity index (χ3n) is 2.24. The number of halogens is 2. The minimum absolute atomic E-state index is 0.326. The van der Waals surface area contributed by atoms with E-state index in [0.717, 1.165) is 5.56 Å². The van der Waals surface area contributed by atoms with Crippen molar-refractivity contribution in [1.82, 2.24) is 5.32 Å². The van der Waals surface area contributed by atoms with Crippen molar-refractivity contribution in [3.63, 3.8) is 0 Å². The van der Waals surface area contributed by atoms with Crippen LogP contribution in [0.2, 0.25) is 0 Å². The topological polar surface area (TPSA) is 58.2 Å². The van der Waals surface area contributed by atoms with Gasteiger partial charge in [0.25, 0.3) is 11.8 Å². The van der Waals surface area contributed by atoms with Crippen LogP contribution < -0.4 is 10.6 Å². The summed E-state index contributed by atoms with van der Waals surface area (Å²) >= 11 is 11.5. The van der Waals surface area contributed by atoms with Crippen molar-refractivity contribution in [3.05, 3.63) is 39.9 Å². The Hall–Kier alpha value is -1.52. The Labute approximate surface area is 121 Å². The normalized spacial score (nSPS) is 11.6. The molecule has 0 unspecified atom stereocenters. The number of hydrogen-bond acceptors (Lipinski definition) is 2. The van der Waals surface area contributed by atoms with E-state index in [2.05, 4.69) is 10.6 Å². The van der Waals surface area contributed by atoms with Gasteiger partial charge in [-0.1, -0.05) is 40.9 Å². The van der Waals surface area contributed by atoms with Gasteiger partial charge < -0.3 is 10.6 Å². The Morgan fingerprint density at radius 1 is 1.05 bits per heavy atom. The molecule has 0 saturated heterocycles. The van der Waals surface area contributed by atoms with Crippen LogP contribution in [0, 0.1) is 6.92 Å². The summed E-state index contributed by atoms with van der Waals surface area (Å²) in [5.41, 5.74) is 1.65. The summed E-state index contributed by atoms with van der Waals surface area (Å²) in [5.74, 6) is -1.20. The molecule has 0 fully saturated rings. The standard InChI is InChI=1S/C13H14Cl2N2O2/c1-3-16-12(18)10(14)11(15)13(19)17-9-6-4-8(2)5-7-9/h4-7H,3H2,1-2H3,(H,16,18)(H,17,19)/b11-10-. The third kappa shape index (κ3) is 4.58. The van der Waals surface area contributed by atoms with Crippen molar-refractivity contribution in [2.45, 2.75) is 13.8 Å². The lowest BCUT2D eigenvalue weighted by molar-refractivity contribution is -0.117. The second-order valence-electron chi connectivity index (χ2n) is 3.81. The predicted octanol–water partition coefficient (Wildman–Crippen LogP) is 2.76. The van der Waals surface area contributed by atoms with Crippen molar-refractivity contribution < 1.29 is 9.59 Å². The Kier molecular flexibility index (Phi) is 5.86. The summed E-state index contributed by atoms with van der Waals surface area (Å²) in [7, 11) is 0. The molecule has 0 bridgehead atoms. The molecule has 0 spiro atoms. The number of likely N-dealkylation sites (N-methyl/N-ethyl adjacent to an activating group) is 1. The summed E-state index contributed by atoms with van der Waals surface area (Å²) < 4.78 is 0. The predicted molar refractivity (Wildman–Crippen MR) is 77.2 cm³/mol. The molecular weight excluding hydrogens is 287 g/mol. The van der Waals surface area contributed by atoms with Crippen molar-refractivity contribution in [3.8, 4) is 0 Å². The van der Waals surface area contributed by atoms with Crippen molar-refractivity contribution in [2.75, 3.05) is 11.9 Å². The monoisotopic (exact) mass is 300 g/mol. The first-order chi connectivity index (χ1) is 8.95. The number of benzene rings is 1. The fraction of sp³-hybridized carbons (Fsp3) is 0.231. The van der Waals surface area contributed by atoms with Crippen LogP contribution in [0.5, 0.6) is 0 Å². The molecule has 0 aliphatic heterocycles. The van der Waals surface area contributed by atoms with E-state index in [1.54, 1.807) is 19.1 Å². The van der Waals surface area contributed by atoms with Gasteiger partial charge in [-0.05, 0) is 26.0 Å². The van der Waals surface area contributed by atoms with E-state index >= 15 is 0 Å². The molecular formula is C13H14Cl2N2O2. The largest absolute Gasteiger partial charge is 0.352 e. The number of aryl methyl sites for hydroxylation is 1. The number of hydrogen-bond donors (Lipinski definition) is 2. The van der Waals surface area contributed by atoms with Crippen LogP contribution in [0.3, 0.4) is 0 Å². The lowest BCUT2D eigenvalue weighted by Crippen LogP contribution is -2.25. The summed E-state index contributed by atoms with van der Waals surface area (Å²) in [6.07, 6.45) is 0. The van der Waals surface area contributed by atoms with Crippen molar-refractivity contribution in [1.29, 1.82) is 0 Å². The van der Waals surface area contributed by atoms with Gasteiger partial charge in [-0.15, -0.1) is 0 Å². The second-order valence-corrected chi connectivity index (χ2v) is 4.56. The highest BCUT2D eigenvalue weighted by molar-refractivity contribution is 6.54. The molecule has 6 heteroatoms. The van der Waals surface area contributed by atoms with E-state index in [1.165, 1.54) is 0 Å². The summed E-state index contributed by atoms with van der Waals surface area (Å²) in [5, 5.41) is 4.35. The Morgan fingerprint density at radius 2 is 1.58 bits per heavy atom. The molecule has 0 aliphatic carbocycles. The summed E-state index contributed by atoms with van der Waals surface area (Å²) in [4.78, 5) is 23.2. The highest BCUT2D eigenvalue weighted by Crippen LogP contribution is 2.17. The smallest absolute Gasteiger partial charge is 0.268 e. The SMILES string of the molecule is CCNC(=O)/C(Cl)=C(/Cl)C(=O)Nc1ccc(C)cc1. The summed E-state index contributed by atoms with van der Waals surface area (Å²) in [6, 6.07) is 7.16. The Balaban J connectivity index is 2.79. The minimum atomic E-state index is -0.623. The maximum Gasteiger partial charge on any atom is 0.268 e. The maximum absolute atomic E-state index is 11.8. The number of carbonyl (C=O) groups is 2. The number of rotatable bonds is 4. The van der Waals surface area contributed by atoms with Crippen LogP contribution in [0.1, 0.15) is 12.5 Å². The first-order valence-electron chi connectivity index (χ1n) is 5.67. The zero-order valence-electron chi connectivity index (χ0n) is 10.6. The highest BCUT2D eigenvalue weighted by atomic mass is 35.5. The van der Waals surface area contributed by atoms with Crippen LogP contribution in [0.4, 0.5) is 5.69 Å². The number of anilines is 1. The fourth-order valence-corrected chi connectivity index (χ4v) is 1.55. The molecule has 2 amide bonds. The average molecular weight is 301 g/mol. The molecule has 4 nitrogen and oxygen atoms in total. The van der Waals surface area contributed by atoms with Gasteiger partial charge in [-0.25, -0.2) is 0 Å². The quantitative estimate of drug-likeness (QED) is 0.840. The Morgan fingerprint density at radius 3 is 2.11 bits per heavy atom. The number of amides is 2. The zero-order valence-corrected chi connectivity index (χ0v) is 12.1. The zero-order chi connectivity index (χ0) is 14.4. The Bertz CT molecular complexity index is 510. The average Bonchev–Trinajstić information content (AvgIpc) is 2.39. The molecule has 0 radical (unpaired) electrons. The van der Waals surface area contributed by atoms with E-state index < -0.39 is 11.8 Å². The van der Waals surface area contributed by atoms with Crippen LogP contribution in [-0.4, -0.2) is 18.4 Å². The van der Waals surface area contributed by atoms with E-state index in [-0.39, 0.29) is 10.1 Å².